The largest absolute Gasteiger partial charge is 0.309 e. The zero-order valence-corrected chi connectivity index (χ0v) is 82.1. The fraction of sp³-hybridized carbons (Fsp3) is 0. The Hall–Kier alpha value is -19.9. The van der Waals surface area contributed by atoms with E-state index in [2.05, 4.69) is 610 Å². The molecule has 0 fully saturated rings. The first-order valence-electron chi connectivity index (χ1n) is 51.6. The van der Waals surface area contributed by atoms with Gasteiger partial charge in [0.05, 0.1) is 66.2 Å². The summed E-state index contributed by atoms with van der Waals surface area (Å²) < 4.78 is 14.6. The summed E-state index contributed by atoms with van der Waals surface area (Å²) in [6.45, 7) is 0. The maximum Gasteiger partial charge on any atom is 0.0641 e. The van der Waals surface area contributed by atoms with Crippen molar-refractivity contribution in [2.75, 3.05) is 0 Å². The fourth-order valence-electron chi connectivity index (χ4n) is 23.4. The van der Waals surface area contributed by atoms with Gasteiger partial charge in [0, 0.05) is 98.8 Å². The predicted molar refractivity (Wildman–Crippen MR) is 634 cm³/mol. The van der Waals surface area contributed by atoms with Gasteiger partial charge in [0.25, 0.3) is 0 Å². The molecule has 6 nitrogen and oxygen atoms in total. The molecule has 702 valence electrons. The van der Waals surface area contributed by atoms with Crippen LogP contribution in [0, 0.1) is 0 Å². The number of hydrogen-bond acceptors (Lipinski definition) is 0. The van der Waals surface area contributed by atoms with Gasteiger partial charge in [-0.3, -0.25) is 0 Å². The molecule has 0 unspecified atom stereocenters. The average molecular weight is 1910 g/mol. The van der Waals surface area contributed by atoms with Gasteiger partial charge in [-0.15, -0.1) is 0 Å². The second-order valence-corrected chi connectivity index (χ2v) is 39.0. The Morgan fingerprint density at radius 2 is 0.287 bits per heavy atom. The van der Waals surface area contributed by atoms with Crippen LogP contribution in [0.2, 0.25) is 0 Å². The van der Waals surface area contributed by atoms with E-state index in [1.54, 1.807) is 0 Å². The number of hydrogen-bond donors (Lipinski definition) is 0. The molecule has 150 heavy (non-hydrogen) atoms. The second-order valence-electron chi connectivity index (χ2n) is 39.0. The van der Waals surface area contributed by atoms with Crippen LogP contribution >= 0.6 is 0 Å². The van der Waals surface area contributed by atoms with Crippen molar-refractivity contribution in [2.24, 2.45) is 0 Å². The fourth-order valence-corrected chi connectivity index (χ4v) is 23.4. The average Bonchev–Trinajstić information content (AvgIpc) is 1.54. The van der Waals surface area contributed by atoms with Crippen LogP contribution in [0.1, 0.15) is 0 Å². The van der Waals surface area contributed by atoms with Gasteiger partial charge in [-0.2, -0.15) is 0 Å². The molecule has 6 heterocycles. The third kappa shape index (κ3) is 15.5. The lowest BCUT2D eigenvalue weighted by atomic mass is 9.99. The molecule has 24 aromatic carbocycles. The lowest BCUT2D eigenvalue weighted by Crippen LogP contribution is -1.97. The van der Waals surface area contributed by atoms with Gasteiger partial charge in [0.1, 0.15) is 0 Å². The van der Waals surface area contributed by atoms with Crippen molar-refractivity contribution >= 4 is 131 Å². The number of aromatic nitrogens is 6. The highest BCUT2D eigenvalue weighted by Crippen LogP contribution is 2.47. The van der Waals surface area contributed by atoms with Crippen LogP contribution < -0.4 is 0 Å². The molecule has 30 aromatic rings. The van der Waals surface area contributed by atoms with E-state index in [4.69, 9.17) is 0 Å². The third-order valence-corrected chi connectivity index (χ3v) is 30.3. The molecule has 0 saturated heterocycles. The van der Waals surface area contributed by atoms with Crippen molar-refractivity contribution in [3.63, 3.8) is 0 Å². The number of fused-ring (bicyclic) bond motifs is 19. The van der Waals surface area contributed by atoms with Crippen LogP contribution in [-0.4, -0.2) is 27.4 Å². The van der Waals surface area contributed by atoms with Gasteiger partial charge in [0.15, 0.2) is 0 Å². The summed E-state index contributed by atoms with van der Waals surface area (Å²) in [5.41, 5.74) is 43.2. The zero-order chi connectivity index (χ0) is 99.1. The van der Waals surface area contributed by atoms with E-state index >= 15 is 0 Å². The second kappa shape index (κ2) is 37.4. The summed E-state index contributed by atoms with van der Waals surface area (Å²) in [6, 6.07) is 211. The highest BCUT2D eigenvalue weighted by molar-refractivity contribution is 6.27. The Balaban J connectivity index is 0.000000109. The van der Waals surface area contributed by atoms with Crippen LogP contribution in [0.3, 0.4) is 0 Å². The molecule has 0 amide bonds. The van der Waals surface area contributed by atoms with Gasteiger partial charge in [-0.05, 0) is 264 Å². The van der Waals surface area contributed by atoms with Crippen LogP contribution in [-0.2, 0) is 0 Å². The molecular weight excluding hydrogens is 1810 g/mol. The van der Waals surface area contributed by atoms with E-state index in [9.17, 15) is 0 Å². The van der Waals surface area contributed by atoms with Crippen LogP contribution in [0.15, 0.2) is 582 Å². The first-order valence-corrected chi connectivity index (χ1v) is 51.6. The normalized spacial score (nSPS) is 11.6. The third-order valence-electron chi connectivity index (χ3n) is 30.3. The van der Waals surface area contributed by atoms with Gasteiger partial charge in [-0.25, -0.2) is 0 Å². The van der Waals surface area contributed by atoms with Crippen molar-refractivity contribution in [3.05, 3.63) is 582 Å². The van der Waals surface area contributed by atoms with Crippen LogP contribution in [0.4, 0.5) is 0 Å². The Morgan fingerprint density at radius 3 is 0.660 bits per heavy atom. The molecule has 0 saturated carbocycles. The van der Waals surface area contributed by atoms with Crippen LogP contribution in [0.25, 0.3) is 265 Å². The topological polar surface area (TPSA) is 29.6 Å². The Labute approximate surface area is 868 Å². The van der Waals surface area contributed by atoms with Gasteiger partial charge >= 0.3 is 0 Å². The molecule has 0 radical (unpaired) electrons. The summed E-state index contributed by atoms with van der Waals surface area (Å²) in [4.78, 5) is 0. The molecule has 6 aromatic heterocycles. The minimum Gasteiger partial charge on any atom is -0.309 e. The molecule has 0 bridgehead atoms. The summed E-state index contributed by atoms with van der Waals surface area (Å²) in [5.74, 6) is 0. The van der Waals surface area contributed by atoms with Crippen molar-refractivity contribution in [2.45, 2.75) is 0 Å². The molecule has 6 heteroatoms. The minimum absolute atomic E-state index is 1.14. The van der Waals surface area contributed by atoms with Gasteiger partial charge in [-0.1, -0.05) is 419 Å². The zero-order valence-electron chi connectivity index (χ0n) is 82.1. The van der Waals surface area contributed by atoms with E-state index in [1.165, 1.54) is 231 Å². The van der Waals surface area contributed by atoms with Crippen molar-refractivity contribution in [3.8, 4) is 134 Å². The van der Waals surface area contributed by atoms with E-state index in [0.29, 0.717) is 0 Å². The standard InChI is InChI=1S/C54H36N2.C48H32N2.C42H28N2/c1-3-15-37(16-4-1)39-19-11-21-41(33-39)43-23-13-25-45(35-43)55-51-30-10-8-28-49(51)53-52(55)32-31-48-47-27-7-9-29-50(47)56(54(48)53)46-26-14-24-44(36-46)42-22-12-20-40(34-42)38-17-5-2-6-18-38;1-3-12-33(13-4-1)35-22-26-39(27-23-35)49-45-20-9-7-18-41(45)43-31-37(24-28-47(43)49)38-25-29-48-44(32-38)42-19-8-10-21-46(42)50(48)40-17-11-16-36(30-40)34-14-5-2-6-15-34;1-2-12-29(13-3-1)30-14-10-15-31(26-30)32-16-11-17-33(27-32)44-41-23-9-6-20-37(41)38-25-24-34(28-42(38)44)43-39-21-7-4-18-35(39)36-19-5-8-22-40(36)43/h1-36H;1-32H;1-28H. The molecule has 0 spiro atoms. The predicted octanol–water partition coefficient (Wildman–Crippen LogP) is 38.6. The first-order chi connectivity index (χ1) is 74.4. The Kier molecular flexibility index (Phi) is 21.9. The monoisotopic (exact) mass is 1910 g/mol. The Morgan fingerprint density at radius 1 is 0.0867 bits per heavy atom. The maximum absolute atomic E-state index is 2.49. The lowest BCUT2D eigenvalue weighted by molar-refractivity contribution is 1.15. The SMILES string of the molecule is c1ccc(-c2ccc(-n3c4ccccc4c4cc(-c5ccc6c(c5)c5ccccc5n6-c5cccc(-c6ccccc6)c5)ccc43)cc2)cc1.c1ccc(-c2cccc(-c3cccc(-n4c5ccccc5c5c4ccc4c6ccccc6n(-c6cccc(-c7cccc(-c8ccccc8)c7)c6)c45)c3)c2)cc1.c1ccc(-c2cccc(-c3cccc(-n4c5ccccc5c5ccc(-n6c7ccccc7c7ccccc76)cc54)c3)c2)cc1. The van der Waals surface area contributed by atoms with E-state index in [1.807, 2.05) is 0 Å². The van der Waals surface area contributed by atoms with E-state index < -0.39 is 0 Å². The van der Waals surface area contributed by atoms with E-state index in [-0.39, 0.29) is 0 Å². The molecule has 0 aliphatic heterocycles. The Bertz CT molecular complexity index is 10400. The highest BCUT2D eigenvalue weighted by atomic mass is 15.0. The summed E-state index contributed by atoms with van der Waals surface area (Å²) in [7, 11) is 0. The molecule has 0 N–H and O–H groups in total. The minimum atomic E-state index is 1.14. The smallest absolute Gasteiger partial charge is 0.0641 e. The molecular formula is C144H96N6. The van der Waals surface area contributed by atoms with Gasteiger partial charge < -0.3 is 27.4 Å². The van der Waals surface area contributed by atoms with Crippen LogP contribution in [0.5, 0.6) is 0 Å². The first kappa shape index (κ1) is 87.8. The summed E-state index contributed by atoms with van der Waals surface area (Å²) >= 11 is 0. The van der Waals surface area contributed by atoms with E-state index in [0.717, 1.165) is 34.1 Å². The maximum atomic E-state index is 2.49. The number of para-hydroxylation sites is 7. The van der Waals surface area contributed by atoms with Gasteiger partial charge in [0.2, 0.25) is 0 Å². The molecule has 0 aliphatic carbocycles. The molecule has 30 rings (SSSR count). The molecule has 0 atom stereocenters. The highest BCUT2D eigenvalue weighted by Gasteiger charge is 2.26. The number of rotatable bonds is 15. The van der Waals surface area contributed by atoms with Crippen molar-refractivity contribution in [1.29, 1.82) is 0 Å². The number of nitrogens with zero attached hydrogens (tertiary/aromatic N) is 6. The molecule has 0 aliphatic rings. The summed E-state index contributed by atoms with van der Waals surface area (Å²) in [6.07, 6.45) is 0. The van der Waals surface area contributed by atoms with Crippen molar-refractivity contribution in [1.82, 2.24) is 27.4 Å². The van der Waals surface area contributed by atoms with Crippen molar-refractivity contribution < 1.29 is 0 Å². The summed E-state index contributed by atoms with van der Waals surface area (Å²) in [5, 5.41) is 15.1. The quantitative estimate of drug-likeness (QED) is 0.0979. The number of benzene rings is 24. The lowest BCUT2D eigenvalue weighted by Gasteiger charge is -2.13.